The molecule has 0 atom stereocenters. The molecule has 0 aliphatic heterocycles. The summed E-state index contributed by atoms with van der Waals surface area (Å²) in [5, 5.41) is 22.7. The van der Waals surface area contributed by atoms with E-state index in [0.29, 0.717) is 90.3 Å². The smallest absolute Gasteiger partial charge is 0.251 e. The topological polar surface area (TPSA) is 172 Å². The van der Waals surface area contributed by atoms with Crippen LogP contribution in [-0.4, -0.2) is 95.3 Å². The quantitative estimate of drug-likeness (QED) is 0.124. The Morgan fingerprint density at radius 2 is 1.32 bits per heavy atom. The first-order valence-electron chi connectivity index (χ1n) is 13.0. The minimum absolute atomic E-state index is 0.106. The molecule has 12 heteroatoms. The second kappa shape index (κ2) is 17.2. The molecule has 0 aliphatic rings. The van der Waals surface area contributed by atoms with E-state index in [2.05, 4.69) is 5.32 Å². The Labute approximate surface area is 231 Å². The molecule has 12 nitrogen and oxygen atoms in total. The van der Waals surface area contributed by atoms with Crippen molar-refractivity contribution in [3.8, 4) is 22.8 Å². The van der Waals surface area contributed by atoms with E-state index in [-0.39, 0.29) is 33.8 Å². The summed E-state index contributed by atoms with van der Waals surface area (Å²) in [5.74, 6) is -0.978. The number of phenols is 2. The van der Waals surface area contributed by atoms with Crippen molar-refractivity contribution in [1.82, 2.24) is 5.32 Å². The van der Waals surface area contributed by atoms with Gasteiger partial charge in [0.25, 0.3) is 5.91 Å². The predicted octanol–water partition coefficient (Wildman–Crippen LogP) is 1.64. The highest BCUT2D eigenvalue weighted by Gasteiger charge is 2.14. The monoisotopic (exact) mass is 560 g/mol. The lowest BCUT2D eigenvalue weighted by Crippen LogP contribution is -2.27. The number of aromatic hydroxyl groups is 2. The molecule has 1 amide bonds. The summed E-state index contributed by atoms with van der Waals surface area (Å²) in [6.45, 7) is 5.40. The zero-order valence-electron chi connectivity index (χ0n) is 22.3. The van der Waals surface area contributed by atoms with Gasteiger partial charge in [-0.05, 0) is 24.3 Å². The zero-order valence-corrected chi connectivity index (χ0v) is 22.3. The molecule has 1 heterocycles. The number of hydrogen-bond acceptors (Lipinski definition) is 11. The SMILES string of the molecule is NCCOCCOCCOCCOCCOCCNC(=O)c1ccc(-c2cc(=O)c3ccc(O)c(O)c3o2)cc1. The number of nitrogens with one attached hydrogen (secondary N) is 1. The number of carbonyl (C=O) groups is 1. The van der Waals surface area contributed by atoms with Gasteiger partial charge in [0.05, 0.1) is 71.5 Å². The van der Waals surface area contributed by atoms with Crippen molar-refractivity contribution in [3.05, 3.63) is 58.3 Å². The summed E-state index contributed by atoms with van der Waals surface area (Å²) in [4.78, 5) is 24.8. The van der Waals surface area contributed by atoms with E-state index in [4.69, 9.17) is 33.8 Å². The molecule has 0 saturated carbocycles. The van der Waals surface area contributed by atoms with Crippen molar-refractivity contribution < 1.29 is 43.1 Å². The van der Waals surface area contributed by atoms with Gasteiger partial charge in [-0.25, -0.2) is 0 Å². The molecule has 0 bridgehead atoms. The molecule has 0 radical (unpaired) electrons. The van der Waals surface area contributed by atoms with Gasteiger partial charge in [-0.15, -0.1) is 0 Å². The number of ether oxygens (including phenoxy) is 5. The van der Waals surface area contributed by atoms with Crippen molar-refractivity contribution in [2.24, 2.45) is 5.73 Å². The third kappa shape index (κ3) is 9.90. The number of phenolic OH excluding ortho intramolecular Hbond substituents is 2. The van der Waals surface area contributed by atoms with E-state index >= 15 is 0 Å². The van der Waals surface area contributed by atoms with Crippen LogP contribution in [0.5, 0.6) is 11.5 Å². The van der Waals surface area contributed by atoms with Crippen LogP contribution in [0, 0.1) is 0 Å². The van der Waals surface area contributed by atoms with E-state index in [1.807, 2.05) is 0 Å². The Morgan fingerprint density at radius 1 is 0.775 bits per heavy atom. The molecule has 1 aromatic heterocycles. The summed E-state index contributed by atoms with van der Waals surface area (Å²) >= 11 is 0. The van der Waals surface area contributed by atoms with Crippen molar-refractivity contribution in [1.29, 1.82) is 0 Å². The maximum absolute atomic E-state index is 12.4. The second-order valence-electron chi connectivity index (χ2n) is 8.47. The van der Waals surface area contributed by atoms with Crippen LogP contribution in [0.1, 0.15) is 10.4 Å². The van der Waals surface area contributed by atoms with Gasteiger partial charge in [-0.1, -0.05) is 12.1 Å². The number of amides is 1. The average Bonchev–Trinajstić information content (AvgIpc) is 2.96. The van der Waals surface area contributed by atoms with Gasteiger partial charge in [0, 0.05) is 30.3 Å². The average molecular weight is 561 g/mol. The lowest BCUT2D eigenvalue weighted by atomic mass is 10.1. The maximum atomic E-state index is 12.4. The van der Waals surface area contributed by atoms with Gasteiger partial charge in [-0.3, -0.25) is 9.59 Å². The molecular formula is C28H36N2O10. The van der Waals surface area contributed by atoms with Crippen LogP contribution >= 0.6 is 0 Å². The van der Waals surface area contributed by atoms with Gasteiger partial charge in [0.15, 0.2) is 16.8 Å². The zero-order chi connectivity index (χ0) is 28.6. The molecule has 5 N–H and O–H groups in total. The van der Waals surface area contributed by atoms with Crippen molar-refractivity contribution in [3.63, 3.8) is 0 Å². The fourth-order valence-electron chi connectivity index (χ4n) is 3.53. The molecule has 0 fully saturated rings. The standard InChI is InChI=1S/C28H36N2O10/c29-7-9-35-11-13-37-15-17-39-18-16-38-14-12-36-10-8-30-28(34)21-3-1-20(2-4-21)25-19-24(32)22-5-6-23(31)26(33)27(22)40-25/h1-6,19,31,33H,7-18,29H2,(H,30,34). The van der Waals surface area contributed by atoms with Crippen molar-refractivity contribution in [2.75, 3.05) is 79.2 Å². The van der Waals surface area contributed by atoms with E-state index < -0.39 is 5.75 Å². The lowest BCUT2D eigenvalue weighted by molar-refractivity contribution is -0.0102. The molecule has 0 saturated heterocycles. The van der Waals surface area contributed by atoms with E-state index in [1.54, 1.807) is 24.3 Å². The van der Waals surface area contributed by atoms with E-state index in [9.17, 15) is 19.8 Å². The van der Waals surface area contributed by atoms with Crippen LogP contribution in [0.4, 0.5) is 0 Å². The molecular weight excluding hydrogens is 524 g/mol. The van der Waals surface area contributed by atoms with Crippen molar-refractivity contribution >= 4 is 16.9 Å². The molecule has 0 unspecified atom stereocenters. The molecule has 0 aliphatic carbocycles. The van der Waals surface area contributed by atoms with Crippen LogP contribution in [-0.2, 0) is 23.7 Å². The van der Waals surface area contributed by atoms with Gasteiger partial charge in [0.1, 0.15) is 5.76 Å². The summed E-state index contributed by atoms with van der Waals surface area (Å²) in [6, 6.07) is 10.3. The number of fused-ring (bicyclic) bond motifs is 1. The molecule has 218 valence electrons. The lowest BCUT2D eigenvalue weighted by Gasteiger charge is -2.09. The number of rotatable bonds is 19. The maximum Gasteiger partial charge on any atom is 0.251 e. The van der Waals surface area contributed by atoms with Crippen LogP contribution < -0.4 is 16.5 Å². The number of carbonyl (C=O) groups excluding carboxylic acids is 1. The van der Waals surface area contributed by atoms with Crippen LogP contribution in [0.3, 0.4) is 0 Å². The van der Waals surface area contributed by atoms with Gasteiger partial charge in [-0.2, -0.15) is 0 Å². The molecule has 3 rings (SSSR count). The van der Waals surface area contributed by atoms with Gasteiger partial charge < -0.3 is 49.4 Å². The third-order valence-electron chi connectivity index (χ3n) is 5.56. The summed E-state index contributed by atoms with van der Waals surface area (Å²) < 4.78 is 32.5. The summed E-state index contributed by atoms with van der Waals surface area (Å²) in [6.07, 6.45) is 0. The highest BCUT2D eigenvalue weighted by atomic mass is 16.6. The Kier molecular flexibility index (Phi) is 13.4. The predicted molar refractivity (Wildman–Crippen MR) is 147 cm³/mol. The number of nitrogens with two attached hydrogens (primary N) is 1. The number of hydrogen-bond donors (Lipinski definition) is 4. The highest BCUT2D eigenvalue weighted by Crippen LogP contribution is 2.34. The summed E-state index contributed by atoms with van der Waals surface area (Å²) in [5.41, 5.74) is 5.80. The Hall–Kier alpha value is -3.52. The normalized spacial score (nSPS) is 11.2. The molecule has 3 aromatic rings. The Bertz CT molecular complexity index is 1250. The van der Waals surface area contributed by atoms with Gasteiger partial charge in [0.2, 0.25) is 5.75 Å². The fraction of sp³-hybridized carbons (Fsp3) is 0.429. The van der Waals surface area contributed by atoms with E-state index in [1.165, 1.54) is 18.2 Å². The molecule has 2 aromatic carbocycles. The first kappa shape index (κ1) is 31.0. The fourth-order valence-corrected chi connectivity index (χ4v) is 3.53. The first-order chi connectivity index (χ1) is 19.5. The minimum Gasteiger partial charge on any atom is -0.504 e. The van der Waals surface area contributed by atoms with Crippen LogP contribution in [0.15, 0.2) is 51.7 Å². The molecule has 0 spiro atoms. The van der Waals surface area contributed by atoms with Crippen LogP contribution in [0.2, 0.25) is 0 Å². The van der Waals surface area contributed by atoms with Gasteiger partial charge >= 0.3 is 0 Å². The van der Waals surface area contributed by atoms with Crippen molar-refractivity contribution in [2.45, 2.75) is 0 Å². The first-order valence-corrected chi connectivity index (χ1v) is 13.0. The number of benzene rings is 2. The molecule has 40 heavy (non-hydrogen) atoms. The summed E-state index contributed by atoms with van der Waals surface area (Å²) in [7, 11) is 0. The minimum atomic E-state index is -0.506. The Morgan fingerprint density at radius 3 is 1.90 bits per heavy atom. The largest absolute Gasteiger partial charge is 0.504 e. The van der Waals surface area contributed by atoms with E-state index in [0.717, 1.165) is 0 Å². The Balaban J connectivity index is 1.26. The second-order valence-corrected chi connectivity index (χ2v) is 8.47. The third-order valence-corrected chi connectivity index (χ3v) is 5.56. The highest BCUT2D eigenvalue weighted by molar-refractivity contribution is 5.94. The van der Waals surface area contributed by atoms with Crippen LogP contribution in [0.25, 0.3) is 22.3 Å².